The number of halogens is 1. The summed E-state index contributed by atoms with van der Waals surface area (Å²) >= 11 is 6.07. The maximum atomic E-state index is 6.07. The molecule has 0 saturated heterocycles. The molecule has 1 nitrogen and oxygen atoms in total. The third-order valence-corrected chi connectivity index (χ3v) is 2.38. The second kappa shape index (κ2) is 3.00. The van der Waals surface area contributed by atoms with Crippen LogP contribution in [0.4, 0.5) is 0 Å². The topological polar surface area (TPSA) is 12.9 Å². The Morgan fingerprint density at radius 1 is 1.15 bits per heavy atom. The molecule has 0 atom stereocenters. The van der Waals surface area contributed by atoms with E-state index < -0.39 is 0 Å². The van der Waals surface area contributed by atoms with Gasteiger partial charge in [-0.05, 0) is 36.9 Å². The van der Waals surface area contributed by atoms with Crippen molar-refractivity contribution in [3.8, 4) is 0 Å². The number of nitrogens with zero attached hydrogens (tertiary/aromatic N) is 1. The van der Waals surface area contributed by atoms with Gasteiger partial charge in [0.2, 0.25) is 0 Å². The van der Waals surface area contributed by atoms with E-state index in [1.165, 1.54) is 5.56 Å². The molecule has 0 radical (unpaired) electrons. The fraction of sp³-hybridized carbons (Fsp3) is 0.182. The van der Waals surface area contributed by atoms with E-state index in [1.54, 1.807) is 0 Å². The highest BCUT2D eigenvalue weighted by atomic mass is 35.5. The van der Waals surface area contributed by atoms with E-state index in [2.05, 4.69) is 11.1 Å². The van der Waals surface area contributed by atoms with Crippen LogP contribution in [0.2, 0.25) is 5.02 Å². The molecule has 1 heterocycles. The molecule has 2 heteroatoms. The first-order chi connectivity index (χ1) is 6.16. The van der Waals surface area contributed by atoms with E-state index in [0.29, 0.717) is 0 Å². The third-order valence-electron chi connectivity index (χ3n) is 2.07. The average Bonchev–Trinajstić information content (AvgIpc) is 2.02. The van der Waals surface area contributed by atoms with Crippen molar-refractivity contribution in [3.05, 3.63) is 40.7 Å². The second-order valence-corrected chi connectivity index (χ2v) is 3.70. The summed E-state index contributed by atoms with van der Waals surface area (Å²) in [5.41, 5.74) is 2.21. The fourth-order valence-electron chi connectivity index (χ4n) is 1.46. The Labute approximate surface area is 82.4 Å². The van der Waals surface area contributed by atoms with Gasteiger partial charge < -0.3 is 0 Å². The first-order valence-corrected chi connectivity index (χ1v) is 4.57. The lowest BCUT2D eigenvalue weighted by Gasteiger charge is -2.02. The molecule has 1 aromatic carbocycles. The van der Waals surface area contributed by atoms with Gasteiger partial charge >= 0.3 is 0 Å². The van der Waals surface area contributed by atoms with Crippen LogP contribution in [0.15, 0.2) is 24.4 Å². The SMILES string of the molecule is Cc1cc(Cl)c2cnc(C)cc2c1. The molecule has 0 fully saturated rings. The highest BCUT2D eigenvalue weighted by molar-refractivity contribution is 6.35. The molecule has 0 aliphatic carbocycles. The number of hydrogen-bond donors (Lipinski definition) is 0. The van der Waals surface area contributed by atoms with Crippen molar-refractivity contribution in [2.75, 3.05) is 0 Å². The van der Waals surface area contributed by atoms with Crippen LogP contribution in [0, 0.1) is 13.8 Å². The van der Waals surface area contributed by atoms with Crippen molar-refractivity contribution in [1.82, 2.24) is 4.98 Å². The standard InChI is InChI=1S/C11H10ClN/c1-7-3-9-5-8(2)13-6-10(9)11(12)4-7/h3-6H,1-2H3. The molecular weight excluding hydrogens is 182 g/mol. The molecule has 0 aliphatic heterocycles. The van der Waals surface area contributed by atoms with Gasteiger partial charge in [-0.3, -0.25) is 4.98 Å². The molecule has 0 unspecified atom stereocenters. The fourth-order valence-corrected chi connectivity index (χ4v) is 1.79. The summed E-state index contributed by atoms with van der Waals surface area (Å²) in [5.74, 6) is 0. The van der Waals surface area contributed by atoms with E-state index in [1.807, 2.05) is 32.2 Å². The van der Waals surface area contributed by atoms with Crippen molar-refractivity contribution >= 4 is 22.4 Å². The Hall–Kier alpha value is -1.08. The number of aromatic nitrogens is 1. The van der Waals surface area contributed by atoms with Gasteiger partial charge in [0.1, 0.15) is 0 Å². The molecule has 13 heavy (non-hydrogen) atoms. The Balaban J connectivity index is 2.86. The zero-order valence-electron chi connectivity index (χ0n) is 7.63. The van der Waals surface area contributed by atoms with Gasteiger partial charge in [0.15, 0.2) is 0 Å². The van der Waals surface area contributed by atoms with Crippen molar-refractivity contribution in [1.29, 1.82) is 0 Å². The second-order valence-electron chi connectivity index (χ2n) is 3.29. The molecular formula is C11H10ClN. The predicted molar refractivity (Wildman–Crippen MR) is 56.2 cm³/mol. The average molecular weight is 192 g/mol. The van der Waals surface area contributed by atoms with E-state index in [-0.39, 0.29) is 0 Å². The zero-order chi connectivity index (χ0) is 9.42. The highest BCUT2D eigenvalue weighted by Crippen LogP contribution is 2.24. The third kappa shape index (κ3) is 1.52. The molecule has 0 bridgehead atoms. The summed E-state index contributed by atoms with van der Waals surface area (Å²) in [5, 5.41) is 2.97. The Morgan fingerprint density at radius 2 is 1.92 bits per heavy atom. The van der Waals surface area contributed by atoms with Crippen molar-refractivity contribution in [2.45, 2.75) is 13.8 Å². The van der Waals surface area contributed by atoms with Gasteiger partial charge in [-0.1, -0.05) is 17.7 Å². The lowest BCUT2D eigenvalue weighted by Crippen LogP contribution is -1.83. The van der Waals surface area contributed by atoms with Gasteiger partial charge in [-0.15, -0.1) is 0 Å². The van der Waals surface area contributed by atoms with E-state index in [4.69, 9.17) is 11.6 Å². The summed E-state index contributed by atoms with van der Waals surface area (Å²) in [4.78, 5) is 4.21. The van der Waals surface area contributed by atoms with Crippen LogP contribution >= 0.6 is 11.6 Å². The monoisotopic (exact) mass is 191 g/mol. The normalized spacial score (nSPS) is 10.7. The van der Waals surface area contributed by atoms with Crippen molar-refractivity contribution in [2.24, 2.45) is 0 Å². The molecule has 0 aliphatic rings. The van der Waals surface area contributed by atoms with Crippen LogP contribution in [-0.2, 0) is 0 Å². The summed E-state index contributed by atoms with van der Waals surface area (Å²) in [6.45, 7) is 4.02. The number of rotatable bonds is 0. The van der Waals surface area contributed by atoms with E-state index in [0.717, 1.165) is 21.5 Å². The lowest BCUT2D eigenvalue weighted by molar-refractivity contribution is 1.22. The van der Waals surface area contributed by atoms with Gasteiger partial charge in [-0.25, -0.2) is 0 Å². The summed E-state index contributed by atoms with van der Waals surface area (Å²) in [6.07, 6.45) is 1.83. The van der Waals surface area contributed by atoms with Crippen molar-refractivity contribution in [3.63, 3.8) is 0 Å². The minimum atomic E-state index is 0.780. The van der Waals surface area contributed by atoms with Gasteiger partial charge in [0.05, 0.1) is 5.02 Å². The molecule has 0 spiro atoms. The van der Waals surface area contributed by atoms with E-state index in [9.17, 15) is 0 Å². The Morgan fingerprint density at radius 3 is 2.69 bits per heavy atom. The van der Waals surface area contributed by atoms with Crippen LogP contribution in [0.3, 0.4) is 0 Å². The number of pyridine rings is 1. The van der Waals surface area contributed by atoms with Crippen LogP contribution in [0.5, 0.6) is 0 Å². The first-order valence-electron chi connectivity index (χ1n) is 4.19. The maximum absolute atomic E-state index is 6.07. The van der Waals surface area contributed by atoms with Gasteiger partial charge in [-0.2, -0.15) is 0 Å². The minimum absolute atomic E-state index is 0.780. The maximum Gasteiger partial charge on any atom is 0.0502 e. The number of benzene rings is 1. The van der Waals surface area contributed by atoms with Crippen LogP contribution in [0.1, 0.15) is 11.3 Å². The number of hydrogen-bond acceptors (Lipinski definition) is 1. The molecule has 0 saturated carbocycles. The molecule has 2 aromatic rings. The highest BCUT2D eigenvalue weighted by Gasteiger charge is 2.00. The van der Waals surface area contributed by atoms with Gasteiger partial charge in [0, 0.05) is 17.3 Å². The van der Waals surface area contributed by atoms with Crippen molar-refractivity contribution < 1.29 is 0 Å². The Kier molecular flexibility index (Phi) is 1.97. The summed E-state index contributed by atoms with van der Waals surface area (Å²) in [7, 11) is 0. The number of fused-ring (bicyclic) bond motifs is 1. The Bertz CT molecular complexity index is 458. The molecule has 66 valence electrons. The molecule has 1 aromatic heterocycles. The first kappa shape index (κ1) is 8.52. The largest absolute Gasteiger partial charge is 0.261 e. The smallest absolute Gasteiger partial charge is 0.0502 e. The zero-order valence-corrected chi connectivity index (χ0v) is 8.39. The van der Waals surface area contributed by atoms with Crippen LogP contribution < -0.4 is 0 Å². The van der Waals surface area contributed by atoms with E-state index >= 15 is 0 Å². The predicted octanol–water partition coefficient (Wildman–Crippen LogP) is 3.51. The molecule has 0 N–H and O–H groups in total. The quantitative estimate of drug-likeness (QED) is 0.621. The summed E-state index contributed by atoms with van der Waals surface area (Å²) < 4.78 is 0. The minimum Gasteiger partial charge on any atom is -0.261 e. The van der Waals surface area contributed by atoms with Crippen LogP contribution in [-0.4, -0.2) is 4.98 Å². The molecule has 2 rings (SSSR count). The number of aryl methyl sites for hydroxylation is 2. The lowest BCUT2D eigenvalue weighted by atomic mass is 10.1. The molecule has 0 amide bonds. The van der Waals surface area contributed by atoms with Gasteiger partial charge in [0.25, 0.3) is 0 Å². The summed E-state index contributed by atoms with van der Waals surface area (Å²) in [6, 6.07) is 6.13. The van der Waals surface area contributed by atoms with Crippen LogP contribution in [0.25, 0.3) is 10.8 Å².